The van der Waals surface area contributed by atoms with E-state index in [9.17, 15) is 9.59 Å². The van der Waals surface area contributed by atoms with Gasteiger partial charge in [0.05, 0.1) is 26.3 Å². The Morgan fingerprint density at radius 3 is 2.47 bits per heavy atom. The number of esters is 1. The van der Waals surface area contributed by atoms with Crippen LogP contribution in [0.15, 0.2) is 53.9 Å². The highest BCUT2D eigenvalue weighted by Gasteiger charge is 2.16. The maximum atomic E-state index is 12.2. The first-order chi connectivity index (χ1) is 14.5. The molecule has 0 fully saturated rings. The third-order valence-corrected chi connectivity index (χ3v) is 5.32. The highest BCUT2D eigenvalue weighted by Crippen LogP contribution is 2.33. The molecule has 7 nitrogen and oxygen atoms in total. The molecule has 0 aliphatic heterocycles. The van der Waals surface area contributed by atoms with Gasteiger partial charge in [0.15, 0.2) is 18.1 Å². The molecule has 0 unspecified atom stereocenters. The Balaban J connectivity index is 1.57. The molecule has 3 aromatic rings. The quantitative estimate of drug-likeness (QED) is 0.513. The van der Waals surface area contributed by atoms with Gasteiger partial charge in [-0.25, -0.2) is 4.98 Å². The minimum Gasteiger partial charge on any atom is -0.493 e. The van der Waals surface area contributed by atoms with Crippen molar-refractivity contribution in [2.45, 2.75) is 6.42 Å². The van der Waals surface area contributed by atoms with Crippen LogP contribution in [-0.4, -0.2) is 44.7 Å². The molecule has 1 heterocycles. The van der Waals surface area contributed by atoms with Crippen molar-refractivity contribution in [3.63, 3.8) is 0 Å². The monoisotopic (exact) mass is 426 g/mol. The lowest BCUT2D eigenvalue weighted by Crippen LogP contribution is -2.31. The first kappa shape index (κ1) is 21.3. The lowest BCUT2D eigenvalue weighted by atomic mass is 10.2. The maximum absolute atomic E-state index is 12.2. The SMILES string of the molecule is COc1ccc(-c2nc(CC(=O)OCC(=O)N(C)c3ccccc3)cs2)cc1OC. The van der Waals surface area contributed by atoms with Crippen molar-refractivity contribution in [2.75, 3.05) is 32.8 Å². The lowest BCUT2D eigenvalue weighted by molar-refractivity contribution is -0.147. The Morgan fingerprint density at radius 1 is 1.03 bits per heavy atom. The van der Waals surface area contributed by atoms with Crippen molar-refractivity contribution in [2.24, 2.45) is 0 Å². The Labute approximate surface area is 178 Å². The minimum absolute atomic E-state index is 0.00782. The van der Waals surface area contributed by atoms with Gasteiger partial charge >= 0.3 is 5.97 Å². The molecule has 2 aromatic carbocycles. The predicted octanol–water partition coefficient (Wildman–Crippen LogP) is 3.58. The predicted molar refractivity (Wildman–Crippen MR) is 115 cm³/mol. The van der Waals surface area contributed by atoms with Crippen molar-refractivity contribution in [3.8, 4) is 22.1 Å². The Morgan fingerprint density at radius 2 is 1.77 bits per heavy atom. The van der Waals surface area contributed by atoms with E-state index in [0.29, 0.717) is 17.2 Å². The number of thiazole rings is 1. The number of hydrogen-bond acceptors (Lipinski definition) is 7. The third kappa shape index (κ3) is 5.15. The first-order valence-electron chi connectivity index (χ1n) is 9.16. The van der Waals surface area contributed by atoms with Crippen molar-refractivity contribution in [3.05, 3.63) is 59.6 Å². The zero-order valence-corrected chi connectivity index (χ0v) is 17.8. The molecule has 0 saturated heterocycles. The molecule has 1 aromatic heterocycles. The number of likely N-dealkylation sites (N-methyl/N-ethyl adjacent to an activating group) is 1. The molecule has 0 atom stereocenters. The van der Waals surface area contributed by atoms with Gasteiger partial charge in [0.1, 0.15) is 5.01 Å². The van der Waals surface area contributed by atoms with Crippen LogP contribution in [0, 0.1) is 0 Å². The van der Waals surface area contributed by atoms with E-state index in [1.54, 1.807) is 32.7 Å². The molecule has 8 heteroatoms. The van der Waals surface area contributed by atoms with Crippen LogP contribution < -0.4 is 14.4 Å². The summed E-state index contributed by atoms with van der Waals surface area (Å²) in [6.45, 7) is -0.323. The first-order valence-corrected chi connectivity index (χ1v) is 10.0. The zero-order chi connectivity index (χ0) is 21.5. The second kappa shape index (κ2) is 9.89. The van der Waals surface area contributed by atoms with Crippen LogP contribution in [-0.2, 0) is 20.7 Å². The van der Waals surface area contributed by atoms with Gasteiger partial charge in [-0.3, -0.25) is 9.59 Å². The van der Waals surface area contributed by atoms with Crippen LogP contribution in [0.25, 0.3) is 10.6 Å². The number of methoxy groups -OCH3 is 2. The Hall–Kier alpha value is -3.39. The van der Waals surface area contributed by atoms with Gasteiger partial charge in [-0.15, -0.1) is 11.3 Å². The summed E-state index contributed by atoms with van der Waals surface area (Å²) >= 11 is 1.41. The number of anilines is 1. The number of nitrogens with zero attached hydrogens (tertiary/aromatic N) is 2. The van der Waals surface area contributed by atoms with Crippen molar-refractivity contribution in [1.82, 2.24) is 4.98 Å². The number of benzene rings is 2. The highest BCUT2D eigenvalue weighted by atomic mass is 32.1. The molecule has 1 amide bonds. The van der Waals surface area contributed by atoms with Gasteiger partial charge in [-0.1, -0.05) is 18.2 Å². The number of hydrogen-bond donors (Lipinski definition) is 0. The number of carbonyl (C=O) groups is 2. The smallest absolute Gasteiger partial charge is 0.312 e. The van der Waals surface area contributed by atoms with Crippen LogP contribution >= 0.6 is 11.3 Å². The second-order valence-electron chi connectivity index (χ2n) is 6.34. The molecule has 0 radical (unpaired) electrons. The fourth-order valence-corrected chi connectivity index (χ4v) is 3.54. The number of para-hydroxylation sites is 1. The maximum Gasteiger partial charge on any atom is 0.312 e. The molecular weight excluding hydrogens is 404 g/mol. The van der Waals surface area contributed by atoms with Crippen LogP contribution in [0.1, 0.15) is 5.69 Å². The van der Waals surface area contributed by atoms with E-state index in [1.807, 2.05) is 42.5 Å². The van der Waals surface area contributed by atoms with Crippen LogP contribution in [0.2, 0.25) is 0 Å². The summed E-state index contributed by atoms with van der Waals surface area (Å²) in [5.41, 5.74) is 2.17. The van der Waals surface area contributed by atoms with Gasteiger partial charge in [0, 0.05) is 23.7 Å². The van der Waals surface area contributed by atoms with Crippen molar-refractivity contribution >= 4 is 28.9 Å². The number of amides is 1. The largest absolute Gasteiger partial charge is 0.493 e. The molecule has 0 N–H and O–H groups in total. The summed E-state index contributed by atoms with van der Waals surface area (Å²) in [4.78, 5) is 30.3. The van der Waals surface area contributed by atoms with Crippen LogP contribution in [0.3, 0.4) is 0 Å². The van der Waals surface area contributed by atoms with Crippen LogP contribution in [0.5, 0.6) is 11.5 Å². The highest BCUT2D eigenvalue weighted by molar-refractivity contribution is 7.13. The number of carbonyl (C=O) groups excluding carboxylic acids is 2. The average Bonchev–Trinajstić information content (AvgIpc) is 3.25. The van der Waals surface area contributed by atoms with Crippen LogP contribution in [0.4, 0.5) is 5.69 Å². The molecule has 0 aliphatic rings. The Bertz CT molecular complexity index is 1020. The third-order valence-electron chi connectivity index (χ3n) is 4.38. The second-order valence-corrected chi connectivity index (χ2v) is 7.20. The van der Waals surface area contributed by atoms with Crippen molar-refractivity contribution in [1.29, 1.82) is 0 Å². The van der Waals surface area contributed by atoms with E-state index in [1.165, 1.54) is 16.2 Å². The Kier molecular flexibility index (Phi) is 7.03. The average molecular weight is 426 g/mol. The molecule has 0 bridgehead atoms. The molecule has 0 spiro atoms. The normalized spacial score (nSPS) is 10.4. The van der Waals surface area contributed by atoms with Gasteiger partial charge in [-0.05, 0) is 30.3 Å². The molecule has 0 aliphatic carbocycles. The number of rotatable bonds is 8. The van der Waals surface area contributed by atoms with E-state index < -0.39 is 5.97 Å². The number of ether oxygens (including phenoxy) is 3. The van der Waals surface area contributed by atoms with Gasteiger partial charge in [-0.2, -0.15) is 0 Å². The molecule has 30 heavy (non-hydrogen) atoms. The van der Waals surface area contributed by atoms with Crippen molar-refractivity contribution < 1.29 is 23.8 Å². The lowest BCUT2D eigenvalue weighted by Gasteiger charge is -2.16. The summed E-state index contributed by atoms with van der Waals surface area (Å²) in [5, 5.41) is 2.55. The van der Waals surface area contributed by atoms with E-state index in [0.717, 1.165) is 16.3 Å². The summed E-state index contributed by atoms with van der Waals surface area (Å²) < 4.78 is 15.7. The molecule has 3 rings (SSSR count). The summed E-state index contributed by atoms with van der Waals surface area (Å²) in [7, 11) is 4.79. The summed E-state index contributed by atoms with van der Waals surface area (Å²) in [6.07, 6.45) is -0.00782. The van der Waals surface area contributed by atoms with Gasteiger partial charge in [0.25, 0.3) is 5.91 Å². The summed E-state index contributed by atoms with van der Waals surface area (Å²) in [6, 6.07) is 14.7. The standard InChI is InChI=1S/C22H22N2O5S/c1-24(17-7-5-4-6-8-17)20(25)13-29-21(26)12-16-14-30-22(23-16)15-9-10-18(27-2)19(11-15)28-3/h4-11,14H,12-13H2,1-3H3. The van der Waals surface area contributed by atoms with E-state index in [2.05, 4.69) is 4.98 Å². The fraction of sp³-hybridized carbons (Fsp3) is 0.227. The van der Waals surface area contributed by atoms with E-state index in [4.69, 9.17) is 14.2 Å². The van der Waals surface area contributed by atoms with E-state index >= 15 is 0 Å². The van der Waals surface area contributed by atoms with Gasteiger partial charge in [0.2, 0.25) is 0 Å². The topological polar surface area (TPSA) is 78.0 Å². The number of aromatic nitrogens is 1. The fourth-order valence-electron chi connectivity index (χ4n) is 2.72. The summed E-state index contributed by atoms with van der Waals surface area (Å²) in [5.74, 6) is 0.423. The van der Waals surface area contributed by atoms with Gasteiger partial charge < -0.3 is 19.1 Å². The molecule has 156 valence electrons. The zero-order valence-electron chi connectivity index (χ0n) is 17.0. The van der Waals surface area contributed by atoms with E-state index in [-0.39, 0.29) is 18.9 Å². The molecular formula is C22H22N2O5S. The minimum atomic E-state index is -0.506. The molecule has 0 saturated carbocycles.